The van der Waals surface area contributed by atoms with E-state index in [0.29, 0.717) is 6.61 Å². The average Bonchev–Trinajstić information content (AvgIpc) is 2.46. The molecule has 0 fully saturated rings. The Morgan fingerprint density at radius 2 is 2.16 bits per heavy atom. The Labute approximate surface area is 113 Å². The molecule has 0 saturated carbocycles. The highest BCUT2D eigenvalue weighted by molar-refractivity contribution is 5.30. The third-order valence-electron chi connectivity index (χ3n) is 2.69. The van der Waals surface area contributed by atoms with Crippen LogP contribution in [0.2, 0.25) is 0 Å². The molecule has 2 aromatic heterocycles. The Bertz CT molecular complexity index is 504. The highest BCUT2D eigenvalue weighted by Gasteiger charge is 2.15. The Kier molecular flexibility index (Phi) is 4.80. The summed E-state index contributed by atoms with van der Waals surface area (Å²) in [5.74, 6) is 0.775. The first-order valence-corrected chi connectivity index (χ1v) is 6.42. The fourth-order valence-electron chi connectivity index (χ4n) is 1.91. The predicted molar refractivity (Wildman–Crippen MR) is 73.0 cm³/mol. The van der Waals surface area contributed by atoms with Crippen molar-refractivity contribution in [3.63, 3.8) is 0 Å². The molecule has 0 aliphatic heterocycles. The SMILES string of the molecule is CCNC(c1cncc(OCC)c1)c1ccncn1. The van der Waals surface area contributed by atoms with Gasteiger partial charge in [-0.15, -0.1) is 0 Å². The number of hydrogen-bond acceptors (Lipinski definition) is 5. The van der Waals surface area contributed by atoms with Crippen molar-refractivity contribution in [3.05, 3.63) is 48.3 Å². The molecule has 1 N–H and O–H groups in total. The summed E-state index contributed by atoms with van der Waals surface area (Å²) in [6, 6.07) is 3.90. The molecule has 1 unspecified atom stereocenters. The molecule has 1 atom stereocenters. The van der Waals surface area contributed by atoms with Gasteiger partial charge in [-0.05, 0) is 31.2 Å². The Balaban J connectivity index is 2.31. The van der Waals surface area contributed by atoms with Crippen molar-refractivity contribution in [2.24, 2.45) is 0 Å². The van der Waals surface area contributed by atoms with Crippen molar-refractivity contribution < 1.29 is 4.74 Å². The summed E-state index contributed by atoms with van der Waals surface area (Å²) < 4.78 is 5.49. The first kappa shape index (κ1) is 13.4. The number of rotatable bonds is 6. The van der Waals surface area contributed by atoms with E-state index in [-0.39, 0.29) is 6.04 Å². The molecule has 0 saturated heterocycles. The second kappa shape index (κ2) is 6.80. The molecule has 19 heavy (non-hydrogen) atoms. The summed E-state index contributed by atoms with van der Waals surface area (Å²) in [4.78, 5) is 12.5. The van der Waals surface area contributed by atoms with Gasteiger partial charge in [0.15, 0.2) is 0 Å². The standard InChI is InChI=1S/C14H18N4O/c1-3-17-14(13-5-6-15-10-18-13)11-7-12(19-4-2)9-16-8-11/h5-10,14,17H,3-4H2,1-2H3. The zero-order chi connectivity index (χ0) is 13.5. The lowest BCUT2D eigenvalue weighted by molar-refractivity contribution is 0.338. The lowest BCUT2D eigenvalue weighted by Gasteiger charge is -2.17. The molecule has 0 aromatic carbocycles. The van der Waals surface area contributed by atoms with Gasteiger partial charge in [-0.3, -0.25) is 4.98 Å². The maximum Gasteiger partial charge on any atom is 0.137 e. The van der Waals surface area contributed by atoms with Gasteiger partial charge in [0.1, 0.15) is 12.1 Å². The molecule has 2 aromatic rings. The maximum atomic E-state index is 5.49. The number of ether oxygens (including phenoxy) is 1. The summed E-state index contributed by atoms with van der Waals surface area (Å²) in [5.41, 5.74) is 1.96. The van der Waals surface area contributed by atoms with Crippen molar-refractivity contribution in [2.45, 2.75) is 19.9 Å². The van der Waals surface area contributed by atoms with Gasteiger partial charge in [-0.25, -0.2) is 9.97 Å². The highest BCUT2D eigenvalue weighted by atomic mass is 16.5. The second-order valence-electron chi connectivity index (χ2n) is 4.01. The molecule has 2 heterocycles. The Morgan fingerprint density at radius 1 is 1.26 bits per heavy atom. The summed E-state index contributed by atoms with van der Waals surface area (Å²) in [7, 11) is 0. The van der Waals surface area contributed by atoms with Crippen LogP contribution in [0.25, 0.3) is 0 Å². The van der Waals surface area contributed by atoms with Gasteiger partial charge in [-0.1, -0.05) is 6.92 Å². The third-order valence-corrected chi connectivity index (χ3v) is 2.69. The Morgan fingerprint density at radius 3 is 2.84 bits per heavy atom. The molecule has 0 spiro atoms. The van der Waals surface area contributed by atoms with Gasteiger partial charge < -0.3 is 10.1 Å². The van der Waals surface area contributed by atoms with E-state index in [1.54, 1.807) is 18.7 Å². The minimum atomic E-state index is 0.000839. The molecule has 5 heteroatoms. The summed E-state index contributed by atoms with van der Waals surface area (Å²) in [6.45, 7) is 5.49. The van der Waals surface area contributed by atoms with Crippen LogP contribution in [-0.2, 0) is 0 Å². The number of nitrogens with one attached hydrogen (secondary N) is 1. The zero-order valence-corrected chi connectivity index (χ0v) is 11.2. The number of aromatic nitrogens is 3. The number of nitrogens with zero attached hydrogens (tertiary/aromatic N) is 3. The van der Waals surface area contributed by atoms with Crippen LogP contribution in [0.5, 0.6) is 5.75 Å². The van der Waals surface area contributed by atoms with Crippen LogP contribution in [-0.4, -0.2) is 28.1 Å². The first-order valence-electron chi connectivity index (χ1n) is 6.42. The summed E-state index contributed by atoms with van der Waals surface area (Å²) in [6.07, 6.45) is 6.85. The largest absolute Gasteiger partial charge is 0.492 e. The van der Waals surface area contributed by atoms with E-state index in [1.807, 2.05) is 25.3 Å². The predicted octanol–water partition coefficient (Wildman–Crippen LogP) is 1.97. The molecule has 0 amide bonds. The Hall–Kier alpha value is -2.01. The second-order valence-corrected chi connectivity index (χ2v) is 4.01. The maximum absolute atomic E-state index is 5.49. The van der Waals surface area contributed by atoms with E-state index in [0.717, 1.165) is 23.6 Å². The van der Waals surface area contributed by atoms with E-state index < -0.39 is 0 Å². The first-order chi connectivity index (χ1) is 9.35. The normalized spacial score (nSPS) is 12.1. The van der Waals surface area contributed by atoms with Gasteiger partial charge in [0.25, 0.3) is 0 Å². The summed E-state index contributed by atoms with van der Waals surface area (Å²) in [5, 5.41) is 3.40. The van der Waals surface area contributed by atoms with Gasteiger partial charge in [0.2, 0.25) is 0 Å². The number of hydrogen-bond donors (Lipinski definition) is 1. The molecule has 0 radical (unpaired) electrons. The van der Waals surface area contributed by atoms with Gasteiger partial charge >= 0.3 is 0 Å². The van der Waals surface area contributed by atoms with Gasteiger partial charge in [-0.2, -0.15) is 0 Å². The van der Waals surface area contributed by atoms with Crippen LogP contribution in [0.4, 0.5) is 0 Å². The highest BCUT2D eigenvalue weighted by Crippen LogP contribution is 2.22. The smallest absolute Gasteiger partial charge is 0.137 e. The summed E-state index contributed by atoms with van der Waals surface area (Å²) >= 11 is 0. The molecule has 0 bridgehead atoms. The van der Waals surface area contributed by atoms with Crippen LogP contribution >= 0.6 is 0 Å². The quantitative estimate of drug-likeness (QED) is 0.858. The lowest BCUT2D eigenvalue weighted by atomic mass is 10.1. The van der Waals surface area contributed by atoms with Crippen LogP contribution in [0, 0.1) is 0 Å². The van der Waals surface area contributed by atoms with Crippen LogP contribution < -0.4 is 10.1 Å². The van der Waals surface area contributed by atoms with Gasteiger partial charge in [0, 0.05) is 12.4 Å². The van der Waals surface area contributed by atoms with Crippen molar-refractivity contribution in [1.82, 2.24) is 20.3 Å². The van der Waals surface area contributed by atoms with Crippen LogP contribution in [0.15, 0.2) is 37.1 Å². The monoisotopic (exact) mass is 258 g/mol. The van der Waals surface area contributed by atoms with E-state index in [2.05, 4.69) is 27.2 Å². The zero-order valence-electron chi connectivity index (χ0n) is 11.2. The molecular weight excluding hydrogens is 240 g/mol. The van der Waals surface area contributed by atoms with E-state index in [1.165, 1.54) is 0 Å². The fraction of sp³-hybridized carbons (Fsp3) is 0.357. The molecule has 0 aliphatic carbocycles. The number of pyridine rings is 1. The van der Waals surface area contributed by atoms with E-state index >= 15 is 0 Å². The van der Waals surface area contributed by atoms with Crippen molar-refractivity contribution in [3.8, 4) is 5.75 Å². The van der Waals surface area contributed by atoms with Gasteiger partial charge in [0.05, 0.1) is 24.5 Å². The van der Waals surface area contributed by atoms with Crippen LogP contribution in [0.3, 0.4) is 0 Å². The average molecular weight is 258 g/mol. The topological polar surface area (TPSA) is 59.9 Å². The van der Waals surface area contributed by atoms with Crippen molar-refractivity contribution >= 4 is 0 Å². The van der Waals surface area contributed by atoms with Crippen LogP contribution in [0.1, 0.15) is 31.1 Å². The molecule has 5 nitrogen and oxygen atoms in total. The third kappa shape index (κ3) is 3.48. The molecule has 100 valence electrons. The van der Waals surface area contributed by atoms with E-state index in [9.17, 15) is 0 Å². The molecule has 2 rings (SSSR count). The lowest BCUT2D eigenvalue weighted by Crippen LogP contribution is -2.23. The minimum absolute atomic E-state index is 0.000839. The fourth-order valence-corrected chi connectivity index (χ4v) is 1.91. The molecule has 0 aliphatic rings. The van der Waals surface area contributed by atoms with Crippen molar-refractivity contribution in [1.29, 1.82) is 0 Å². The van der Waals surface area contributed by atoms with Crippen molar-refractivity contribution in [2.75, 3.05) is 13.2 Å². The molecular formula is C14H18N4O. The van der Waals surface area contributed by atoms with E-state index in [4.69, 9.17) is 4.74 Å². The minimum Gasteiger partial charge on any atom is -0.492 e.